The molecule has 2 aromatic heterocycles. The van der Waals surface area contributed by atoms with Gasteiger partial charge in [0.25, 0.3) is 0 Å². The van der Waals surface area contributed by atoms with Crippen molar-refractivity contribution in [3.8, 4) is 22.4 Å². The number of benzene rings is 3. The summed E-state index contributed by atoms with van der Waals surface area (Å²) in [6.07, 6.45) is 1.93. The first kappa shape index (κ1) is 21.5. The summed E-state index contributed by atoms with van der Waals surface area (Å²) in [5.74, 6) is 1.09. The fourth-order valence-electron chi connectivity index (χ4n) is 5.00. The molecule has 0 saturated carbocycles. The molecule has 166 valence electrons. The van der Waals surface area contributed by atoms with Crippen LogP contribution in [0.5, 0.6) is 0 Å². The summed E-state index contributed by atoms with van der Waals surface area (Å²) in [5.41, 5.74) is 11.7. The number of furan rings is 1. The van der Waals surface area contributed by atoms with E-state index in [1.54, 1.807) is 0 Å². The molecule has 0 aliphatic rings. The topological polar surface area (TPSA) is 26.0 Å². The molecule has 0 amide bonds. The van der Waals surface area contributed by atoms with Crippen LogP contribution in [0.4, 0.5) is 0 Å². The van der Waals surface area contributed by atoms with Gasteiger partial charge >= 0.3 is 0 Å². The second kappa shape index (κ2) is 8.19. The van der Waals surface area contributed by atoms with Gasteiger partial charge < -0.3 is 4.42 Å². The van der Waals surface area contributed by atoms with Crippen molar-refractivity contribution < 1.29 is 4.42 Å². The number of aryl methyl sites for hydroxylation is 3. The van der Waals surface area contributed by atoms with Crippen molar-refractivity contribution >= 4 is 21.9 Å². The molecule has 3 aromatic carbocycles. The van der Waals surface area contributed by atoms with Crippen molar-refractivity contribution in [3.63, 3.8) is 0 Å². The van der Waals surface area contributed by atoms with Crippen LogP contribution < -0.4 is 0 Å². The molecule has 5 rings (SSSR count). The normalized spacial score (nSPS) is 12.7. The molecule has 0 saturated heterocycles. The van der Waals surface area contributed by atoms with Crippen LogP contribution in [0.1, 0.15) is 48.9 Å². The Morgan fingerprint density at radius 2 is 1.42 bits per heavy atom. The van der Waals surface area contributed by atoms with Crippen LogP contribution in [-0.4, -0.2) is 4.98 Å². The molecule has 0 fully saturated rings. The van der Waals surface area contributed by atoms with E-state index >= 15 is 0 Å². The van der Waals surface area contributed by atoms with Gasteiger partial charge in [-0.05, 0) is 103 Å². The number of aromatic nitrogens is 1. The minimum Gasteiger partial charge on any atom is -0.456 e. The molecule has 2 heterocycles. The van der Waals surface area contributed by atoms with E-state index in [-0.39, 0.29) is 0 Å². The lowest BCUT2D eigenvalue weighted by Gasteiger charge is -2.16. The van der Waals surface area contributed by atoms with Crippen LogP contribution in [0.25, 0.3) is 44.3 Å². The van der Waals surface area contributed by atoms with Gasteiger partial charge in [0.2, 0.25) is 0 Å². The first-order chi connectivity index (χ1) is 15.8. The molecule has 0 aliphatic carbocycles. The Kier molecular flexibility index (Phi) is 5.32. The molecule has 2 heteroatoms. The Morgan fingerprint density at radius 3 is 2.15 bits per heavy atom. The highest BCUT2D eigenvalue weighted by atomic mass is 16.3. The van der Waals surface area contributed by atoms with Crippen LogP contribution >= 0.6 is 0 Å². The van der Waals surface area contributed by atoms with Crippen LogP contribution in [0, 0.1) is 26.7 Å². The summed E-state index contributed by atoms with van der Waals surface area (Å²) < 4.78 is 6.28. The van der Waals surface area contributed by atoms with Gasteiger partial charge in [0.1, 0.15) is 11.2 Å². The average Bonchev–Trinajstić information content (AvgIpc) is 3.15. The minimum absolute atomic E-state index is 0.498. The summed E-state index contributed by atoms with van der Waals surface area (Å²) in [5, 5.41) is 2.28. The molecule has 5 aromatic rings. The molecule has 0 spiro atoms. The third-order valence-electron chi connectivity index (χ3n) is 7.04. The van der Waals surface area contributed by atoms with E-state index in [1.807, 2.05) is 6.20 Å². The molecular weight excluding hydrogens is 402 g/mol. The highest BCUT2D eigenvalue weighted by molar-refractivity contribution is 6.07. The van der Waals surface area contributed by atoms with Gasteiger partial charge in [0.05, 0.1) is 5.69 Å². The lowest BCUT2D eigenvalue weighted by Crippen LogP contribution is -2.02. The van der Waals surface area contributed by atoms with E-state index in [1.165, 1.54) is 33.4 Å². The van der Waals surface area contributed by atoms with Gasteiger partial charge in [-0.25, -0.2) is 0 Å². The zero-order valence-corrected chi connectivity index (χ0v) is 20.4. The summed E-state index contributed by atoms with van der Waals surface area (Å²) >= 11 is 0. The second-order valence-electron chi connectivity index (χ2n) is 9.80. The summed E-state index contributed by atoms with van der Waals surface area (Å²) in [4.78, 5) is 4.67. The van der Waals surface area contributed by atoms with Gasteiger partial charge in [-0.1, -0.05) is 44.5 Å². The maximum atomic E-state index is 6.28. The Balaban J connectivity index is 1.60. The molecule has 0 bridgehead atoms. The maximum absolute atomic E-state index is 6.28. The van der Waals surface area contributed by atoms with Crippen molar-refractivity contribution in [1.29, 1.82) is 0 Å². The number of pyridine rings is 1. The third kappa shape index (κ3) is 3.84. The van der Waals surface area contributed by atoms with Crippen LogP contribution in [-0.2, 0) is 0 Å². The third-order valence-corrected chi connectivity index (χ3v) is 7.04. The SMILES string of the molecule is Cc1cc(C)c(-c2ccc3c(c2)oc2ccc(-c4cc(C(C)C(C)C)ccn4)cc23)c(C)c1. The van der Waals surface area contributed by atoms with Gasteiger partial charge in [-0.3, -0.25) is 4.98 Å². The smallest absolute Gasteiger partial charge is 0.136 e. The van der Waals surface area contributed by atoms with Crippen molar-refractivity contribution in [2.45, 2.75) is 47.5 Å². The summed E-state index contributed by atoms with van der Waals surface area (Å²) in [7, 11) is 0. The number of hydrogen-bond donors (Lipinski definition) is 0. The number of nitrogens with zero attached hydrogens (tertiary/aromatic N) is 1. The van der Waals surface area contributed by atoms with Crippen molar-refractivity contribution in [2.75, 3.05) is 0 Å². The predicted molar refractivity (Wildman–Crippen MR) is 140 cm³/mol. The largest absolute Gasteiger partial charge is 0.456 e. The highest BCUT2D eigenvalue weighted by Gasteiger charge is 2.14. The van der Waals surface area contributed by atoms with Gasteiger partial charge in [-0.2, -0.15) is 0 Å². The van der Waals surface area contributed by atoms with E-state index in [0.717, 1.165) is 33.2 Å². The molecule has 1 atom stereocenters. The second-order valence-corrected chi connectivity index (χ2v) is 9.80. The van der Waals surface area contributed by atoms with Crippen LogP contribution in [0.2, 0.25) is 0 Å². The predicted octanol–water partition coefficient (Wildman–Crippen LogP) is 9.00. The fourth-order valence-corrected chi connectivity index (χ4v) is 5.00. The Hall–Kier alpha value is -3.39. The fraction of sp³-hybridized carbons (Fsp3) is 0.258. The van der Waals surface area contributed by atoms with E-state index in [0.29, 0.717) is 11.8 Å². The summed E-state index contributed by atoms with van der Waals surface area (Å²) in [6.45, 7) is 13.3. The monoisotopic (exact) mass is 433 g/mol. The standard InChI is InChI=1S/C31H31NO/c1-18(2)22(6)23-11-12-32-28(16-23)24-8-10-29-27(15-24)26-9-7-25(17-30(26)33-29)31-20(4)13-19(3)14-21(31)5/h7-18,22H,1-6H3. The van der Waals surface area contributed by atoms with Crippen molar-refractivity contribution in [2.24, 2.45) is 5.92 Å². The van der Waals surface area contributed by atoms with E-state index < -0.39 is 0 Å². The lowest BCUT2D eigenvalue weighted by atomic mass is 9.90. The minimum atomic E-state index is 0.498. The van der Waals surface area contributed by atoms with Gasteiger partial charge in [0, 0.05) is 22.5 Å². The molecule has 1 unspecified atom stereocenters. The average molecular weight is 434 g/mol. The molecule has 0 aliphatic heterocycles. The molecule has 33 heavy (non-hydrogen) atoms. The molecule has 0 radical (unpaired) electrons. The number of rotatable bonds is 4. The van der Waals surface area contributed by atoms with E-state index in [2.05, 4.69) is 107 Å². The first-order valence-corrected chi connectivity index (χ1v) is 11.8. The lowest BCUT2D eigenvalue weighted by molar-refractivity contribution is 0.535. The molecule has 0 N–H and O–H groups in total. The zero-order valence-electron chi connectivity index (χ0n) is 20.4. The number of fused-ring (bicyclic) bond motifs is 3. The molecular formula is C31H31NO. The Bertz CT molecular complexity index is 1470. The quantitative estimate of drug-likeness (QED) is 0.282. The van der Waals surface area contributed by atoms with Gasteiger partial charge in [0.15, 0.2) is 0 Å². The van der Waals surface area contributed by atoms with E-state index in [4.69, 9.17) is 4.42 Å². The van der Waals surface area contributed by atoms with E-state index in [9.17, 15) is 0 Å². The van der Waals surface area contributed by atoms with Gasteiger partial charge in [-0.15, -0.1) is 0 Å². The van der Waals surface area contributed by atoms with Crippen LogP contribution in [0.3, 0.4) is 0 Å². The highest BCUT2D eigenvalue weighted by Crippen LogP contribution is 2.36. The maximum Gasteiger partial charge on any atom is 0.136 e. The Morgan fingerprint density at radius 1 is 0.697 bits per heavy atom. The first-order valence-electron chi connectivity index (χ1n) is 11.8. The van der Waals surface area contributed by atoms with Crippen molar-refractivity contribution in [1.82, 2.24) is 4.98 Å². The molecule has 2 nitrogen and oxygen atoms in total. The Labute approximate surface area is 196 Å². The summed E-state index contributed by atoms with van der Waals surface area (Å²) in [6, 6.07) is 21.9. The van der Waals surface area contributed by atoms with Crippen molar-refractivity contribution in [3.05, 3.63) is 89.1 Å². The zero-order chi connectivity index (χ0) is 23.3. The van der Waals surface area contributed by atoms with Crippen LogP contribution in [0.15, 0.2) is 71.3 Å². The number of hydrogen-bond acceptors (Lipinski definition) is 2.